The molecule has 3 rings (SSSR count). The van der Waals surface area contributed by atoms with Crippen molar-refractivity contribution in [1.29, 1.82) is 0 Å². The zero-order valence-electron chi connectivity index (χ0n) is 16.4. The number of nitrogens with one attached hydrogen (secondary N) is 2. The first-order valence-corrected chi connectivity index (χ1v) is 12.2. The van der Waals surface area contributed by atoms with Crippen molar-refractivity contribution in [1.82, 2.24) is 14.9 Å². The number of guanidine groups is 1. The monoisotopic (exact) mass is 538 g/mol. The van der Waals surface area contributed by atoms with Crippen LogP contribution in [0.2, 0.25) is 0 Å². The molecule has 9 heteroatoms. The molecule has 1 unspecified atom stereocenters. The number of hydrogen-bond donors (Lipinski definition) is 2. The number of nitrogens with zero attached hydrogens (tertiary/aromatic N) is 2. The minimum absolute atomic E-state index is 0. The van der Waals surface area contributed by atoms with Crippen LogP contribution in [-0.2, 0) is 16.6 Å². The van der Waals surface area contributed by atoms with E-state index in [4.69, 9.17) is 0 Å². The normalized spacial score (nSPS) is 21.2. The molecule has 2 heterocycles. The van der Waals surface area contributed by atoms with Crippen LogP contribution in [0.1, 0.15) is 37.7 Å². The third kappa shape index (κ3) is 6.50. The van der Waals surface area contributed by atoms with Gasteiger partial charge >= 0.3 is 0 Å². The highest BCUT2D eigenvalue weighted by Gasteiger charge is 2.25. The van der Waals surface area contributed by atoms with Crippen LogP contribution in [0.3, 0.4) is 0 Å². The molecule has 2 aliphatic rings. The molecule has 6 nitrogen and oxygen atoms in total. The van der Waals surface area contributed by atoms with Crippen molar-refractivity contribution in [2.24, 2.45) is 4.99 Å². The molecule has 0 aliphatic carbocycles. The largest absolute Gasteiger partial charge is 0.355 e. The van der Waals surface area contributed by atoms with Crippen LogP contribution in [-0.4, -0.2) is 56.4 Å². The number of rotatable bonds is 6. The van der Waals surface area contributed by atoms with Gasteiger partial charge in [-0.3, -0.25) is 4.99 Å². The number of benzene rings is 1. The predicted octanol–water partition coefficient (Wildman–Crippen LogP) is 3.04. The van der Waals surface area contributed by atoms with E-state index in [1.807, 2.05) is 23.9 Å². The third-order valence-corrected chi connectivity index (χ3v) is 8.35. The van der Waals surface area contributed by atoms with Gasteiger partial charge in [0.05, 0.1) is 4.90 Å². The molecule has 2 aliphatic heterocycles. The van der Waals surface area contributed by atoms with E-state index >= 15 is 0 Å². The van der Waals surface area contributed by atoms with Crippen LogP contribution in [0.4, 0.5) is 0 Å². The fourth-order valence-corrected chi connectivity index (χ4v) is 6.28. The molecule has 1 aromatic rings. The highest BCUT2D eigenvalue weighted by molar-refractivity contribution is 14.0. The summed E-state index contributed by atoms with van der Waals surface area (Å²) < 4.78 is 27.3. The van der Waals surface area contributed by atoms with Crippen LogP contribution in [0, 0.1) is 0 Å². The lowest BCUT2D eigenvalue weighted by atomic mass is 10.2. The van der Waals surface area contributed by atoms with E-state index in [-0.39, 0.29) is 24.0 Å². The summed E-state index contributed by atoms with van der Waals surface area (Å²) >= 11 is 2.01. The quantitative estimate of drug-likeness (QED) is 0.331. The Morgan fingerprint density at radius 3 is 2.68 bits per heavy atom. The van der Waals surface area contributed by atoms with E-state index in [2.05, 4.69) is 15.6 Å². The molecular weight excluding hydrogens is 507 g/mol. The Kier molecular flexibility index (Phi) is 9.85. The number of hydrogen-bond acceptors (Lipinski definition) is 4. The Balaban J connectivity index is 0.00000280. The van der Waals surface area contributed by atoms with Gasteiger partial charge in [-0.05, 0) is 49.1 Å². The van der Waals surface area contributed by atoms with Crippen molar-refractivity contribution >= 4 is 51.7 Å². The molecule has 0 aromatic heterocycles. The van der Waals surface area contributed by atoms with Gasteiger partial charge in [-0.15, -0.1) is 24.0 Å². The topological polar surface area (TPSA) is 73.8 Å². The molecule has 0 radical (unpaired) electrons. The van der Waals surface area contributed by atoms with Crippen LogP contribution in [0.5, 0.6) is 0 Å². The van der Waals surface area contributed by atoms with Crippen molar-refractivity contribution < 1.29 is 8.42 Å². The fraction of sp³-hybridized carbons (Fsp3) is 0.632. The number of sulfonamides is 1. The van der Waals surface area contributed by atoms with Crippen molar-refractivity contribution in [2.75, 3.05) is 32.4 Å². The highest BCUT2D eigenvalue weighted by Crippen LogP contribution is 2.25. The van der Waals surface area contributed by atoms with Crippen molar-refractivity contribution in [2.45, 2.75) is 48.8 Å². The molecule has 2 saturated heterocycles. The second kappa shape index (κ2) is 11.6. The lowest BCUT2D eigenvalue weighted by Gasteiger charge is -2.26. The summed E-state index contributed by atoms with van der Waals surface area (Å²) in [6, 6.07) is 7.23. The van der Waals surface area contributed by atoms with E-state index in [1.54, 1.807) is 23.5 Å². The molecule has 0 spiro atoms. The zero-order valence-corrected chi connectivity index (χ0v) is 20.4. The number of thioether (sulfide) groups is 1. The maximum Gasteiger partial charge on any atom is 0.243 e. The molecule has 158 valence electrons. The first-order valence-electron chi connectivity index (χ1n) is 9.75. The fourth-order valence-electron chi connectivity index (χ4n) is 3.49. The van der Waals surface area contributed by atoms with Gasteiger partial charge in [0.2, 0.25) is 10.0 Å². The molecule has 2 fully saturated rings. The Hall–Kier alpha value is -0.520. The second-order valence-corrected chi connectivity index (χ2v) is 10.4. The zero-order chi connectivity index (χ0) is 19.1. The standard InChI is InChI=1S/C19H30N4O2S2.HI/c1-20-19(22-15-17-8-6-12-26-17)21-14-16-7-5-9-18(13-16)27(24,25)23-10-3-2-4-11-23;/h5,7,9,13,17H,2-4,6,8,10-12,14-15H2,1H3,(H2,20,21,22);1H. The van der Waals surface area contributed by atoms with Gasteiger partial charge in [0.25, 0.3) is 0 Å². The molecule has 0 saturated carbocycles. The van der Waals surface area contributed by atoms with E-state index < -0.39 is 10.0 Å². The van der Waals surface area contributed by atoms with Crippen LogP contribution in [0.25, 0.3) is 0 Å². The van der Waals surface area contributed by atoms with Gasteiger partial charge in [0, 0.05) is 38.5 Å². The Morgan fingerprint density at radius 1 is 1.21 bits per heavy atom. The molecule has 1 atom stereocenters. The van der Waals surface area contributed by atoms with Gasteiger partial charge < -0.3 is 10.6 Å². The minimum Gasteiger partial charge on any atom is -0.355 e. The summed E-state index contributed by atoms with van der Waals surface area (Å²) in [7, 11) is -1.63. The van der Waals surface area contributed by atoms with Crippen molar-refractivity contribution in [3.8, 4) is 0 Å². The lowest BCUT2D eigenvalue weighted by molar-refractivity contribution is 0.346. The summed E-state index contributed by atoms with van der Waals surface area (Å²) in [5.41, 5.74) is 0.936. The first kappa shape index (κ1) is 23.8. The summed E-state index contributed by atoms with van der Waals surface area (Å²) in [4.78, 5) is 4.65. The van der Waals surface area contributed by atoms with E-state index in [0.29, 0.717) is 29.8 Å². The third-order valence-electron chi connectivity index (χ3n) is 5.06. The van der Waals surface area contributed by atoms with Crippen molar-refractivity contribution in [3.05, 3.63) is 29.8 Å². The molecular formula is C19H31IN4O2S2. The SMILES string of the molecule is CN=C(NCc1cccc(S(=O)(=O)N2CCCCC2)c1)NCC1CCCS1.I. The van der Waals surface area contributed by atoms with Gasteiger partial charge in [-0.1, -0.05) is 18.6 Å². The number of aliphatic imine (C=N–C) groups is 1. The number of halogens is 1. The second-order valence-electron chi connectivity index (χ2n) is 7.05. The Labute approximate surface area is 190 Å². The minimum atomic E-state index is -3.39. The molecule has 28 heavy (non-hydrogen) atoms. The molecule has 2 N–H and O–H groups in total. The average molecular weight is 539 g/mol. The van der Waals surface area contributed by atoms with Gasteiger partial charge in [-0.2, -0.15) is 16.1 Å². The summed E-state index contributed by atoms with van der Waals surface area (Å²) in [6.45, 7) is 2.70. The number of piperidine rings is 1. The van der Waals surface area contributed by atoms with Crippen molar-refractivity contribution in [3.63, 3.8) is 0 Å². The van der Waals surface area contributed by atoms with Crippen LogP contribution >= 0.6 is 35.7 Å². The van der Waals surface area contributed by atoms with Crippen LogP contribution in [0.15, 0.2) is 34.2 Å². The highest BCUT2D eigenvalue weighted by atomic mass is 127. The first-order chi connectivity index (χ1) is 13.1. The Morgan fingerprint density at radius 2 is 2.00 bits per heavy atom. The summed E-state index contributed by atoms with van der Waals surface area (Å²) in [5, 5.41) is 7.31. The van der Waals surface area contributed by atoms with Crippen LogP contribution < -0.4 is 10.6 Å². The predicted molar refractivity (Wildman–Crippen MR) is 128 cm³/mol. The molecule has 0 amide bonds. The summed E-state index contributed by atoms with van der Waals surface area (Å²) in [5.74, 6) is 2.00. The van der Waals surface area contributed by atoms with Gasteiger partial charge in [-0.25, -0.2) is 8.42 Å². The molecule has 1 aromatic carbocycles. The van der Waals surface area contributed by atoms with E-state index in [0.717, 1.165) is 37.3 Å². The molecule has 0 bridgehead atoms. The summed E-state index contributed by atoms with van der Waals surface area (Å²) in [6.07, 6.45) is 5.55. The average Bonchev–Trinajstić information content (AvgIpc) is 3.23. The Bertz CT molecular complexity index is 746. The van der Waals surface area contributed by atoms with Gasteiger partial charge in [0.1, 0.15) is 0 Å². The van der Waals surface area contributed by atoms with E-state index in [9.17, 15) is 8.42 Å². The maximum atomic E-state index is 12.9. The van der Waals surface area contributed by atoms with Gasteiger partial charge in [0.15, 0.2) is 5.96 Å². The van der Waals surface area contributed by atoms with E-state index in [1.165, 1.54) is 18.6 Å². The maximum absolute atomic E-state index is 12.9. The lowest BCUT2D eigenvalue weighted by Crippen LogP contribution is -2.39. The smallest absolute Gasteiger partial charge is 0.243 e.